The third-order valence-electron chi connectivity index (χ3n) is 3.20. The van der Waals surface area contributed by atoms with Crippen molar-refractivity contribution in [1.82, 2.24) is 0 Å². The van der Waals surface area contributed by atoms with Gasteiger partial charge in [-0.25, -0.2) is 0 Å². The Morgan fingerprint density at radius 1 is 1.41 bits per heavy atom. The molecule has 2 atom stereocenters. The van der Waals surface area contributed by atoms with E-state index in [-0.39, 0.29) is 12.5 Å². The molecule has 0 amide bonds. The number of hydrogen-bond acceptors (Lipinski definition) is 2. The number of hydrogen-bond donors (Lipinski definition) is 1. The highest BCUT2D eigenvalue weighted by molar-refractivity contribution is 6.30. The van der Waals surface area contributed by atoms with Crippen LogP contribution in [0.5, 0.6) is 0 Å². The van der Waals surface area contributed by atoms with Crippen LogP contribution in [0.15, 0.2) is 24.3 Å². The summed E-state index contributed by atoms with van der Waals surface area (Å²) in [5, 5.41) is 10.2. The predicted molar refractivity (Wildman–Crippen MR) is 71.4 cm³/mol. The first-order valence-corrected chi connectivity index (χ1v) is 6.39. The third-order valence-corrected chi connectivity index (χ3v) is 3.44. The summed E-state index contributed by atoms with van der Waals surface area (Å²) in [5.74, 6) is 0.711. The summed E-state index contributed by atoms with van der Waals surface area (Å²) in [6, 6.07) is 7.84. The zero-order chi connectivity index (χ0) is 12.7. The minimum absolute atomic E-state index is 0.206. The van der Waals surface area contributed by atoms with E-state index in [0.29, 0.717) is 5.92 Å². The zero-order valence-electron chi connectivity index (χ0n) is 10.5. The number of ether oxygens (including phenoxy) is 1. The van der Waals surface area contributed by atoms with Gasteiger partial charge in [-0.15, -0.1) is 0 Å². The van der Waals surface area contributed by atoms with Gasteiger partial charge in [0, 0.05) is 25.3 Å². The minimum Gasteiger partial charge on any atom is -0.396 e. The number of methoxy groups -OCH3 is 1. The first-order valence-electron chi connectivity index (χ1n) is 6.01. The number of halogens is 1. The zero-order valence-corrected chi connectivity index (χ0v) is 11.3. The van der Waals surface area contributed by atoms with Gasteiger partial charge in [-0.2, -0.15) is 0 Å². The Labute approximate surface area is 109 Å². The summed E-state index contributed by atoms with van der Waals surface area (Å²) >= 11 is 5.95. The maximum atomic E-state index is 9.45. The van der Waals surface area contributed by atoms with Gasteiger partial charge in [0.25, 0.3) is 0 Å². The number of benzene rings is 1. The Bertz CT molecular complexity index is 328. The van der Waals surface area contributed by atoms with E-state index in [9.17, 15) is 5.11 Å². The van der Waals surface area contributed by atoms with Crippen LogP contribution in [0.25, 0.3) is 0 Å². The topological polar surface area (TPSA) is 29.5 Å². The van der Waals surface area contributed by atoms with Crippen molar-refractivity contribution < 1.29 is 9.84 Å². The molecule has 0 radical (unpaired) electrons. The maximum absolute atomic E-state index is 9.45. The standard InChI is InChI=1S/C14H21ClO2/c1-11(6-7-17-2)13(10-16)8-12-4-3-5-14(15)9-12/h3-5,9,11,13,16H,6-8,10H2,1-2H3. The molecule has 0 saturated heterocycles. The molecule has 0 aliphatic carbocycles. The maximum Gasteiger partial charge on any atom is 0.0465 e. The van der Waals surface area contributed by atoms with Gasteiger partial charge in [0.2, 0.25) is 0 Å². The monoisotopic (exact) mass is 256 g/mol. The highest BCUT2D eigenvalue weighted by Crippen LogP contribution is 2.21. The first kappa shape index (κ1) is 14.5. The third kappa shape index (κ3) is 5.07. The molecule has 0 bridgehead atoms. The summed E-state index contributed by atoms with van der Waals surface area (Å²) in [4.78, 5) is 0. The van der Waals surface area contributed by atoms with E-state index in [1.165, 1.54) is 5.56 Å². The highest BCUT2D eigenvalue weighted by Gasteiger charge is 2.16. The fourth-order valence-corrected chi connectivity index (χ4v) is 2.16. The van der Waals surface area contributed by atoms with Gasteiger partial charge in [0.05, 0.1) is 0 Å². The lowest BCUT2D eigenvalue weighted by atomic mass is 9.87. The van der Waals surface area contributed by atoms with Gasteiger partial charge in [-0.1, -0.05) is 30.7 Å². The van der Waals surface area contributed by atoms with Crippen LogP contribution >= 0.6 is 11.6 Å². The second-order valence-corrected chi connectivity index (χ2v) is 4.97. The summed E-state index contributed by atoms with van der Waals surface area (Å²) in [5.41, 5.74) is 1.18. The number of aliphatic hydroxyl groups excluding tert-OH is 1. The highest BCUT2D eigenvalue weighted by atomic mass is 35.5. The fraction of sp³-hybridized carbons (Fsp3) is 0.571. The van der Waals surface area contributed by atoms with Crippen molar-refractivity contribution in [2.75, 3.05) is 20.3 Å². The van der Waals surface area contributed by atoms with Crippen molar-refractivity contribution in [1.29, 1.82) is 0 Å². The Morgan fingerprint density at radius 3 is 2.76 bits per heavy atom. The molecule has 0 fully saturated rings. The van der Waals surface area contributed by atoms with E-state index in [2.05, 4.69) is 13.0 Å². The molecule has 96 valence electrons. The summed E-state index contributed by atoms with van der Waals surface area (Å²) in [6.45, 7) is 3.11. The van der Waals surface area contributed by atoms with Crippen molar-refractivity contribution in [3.8, 4) is 0 Å². The van der Waals surface area contributed by atoms with Gasteiger partial charge in [-0.05, 0) is 42.4 Å². The van der Waals surface area contributed by atoms with Gasteiger partial charge >= 0.3 is 0 Å². The molecule has 1 aromatic carbocycles. The van der Waals surface area contributed by atoms with Gasteiger partial charge in [0.1, 0.15) is 0 Å². The van der Waals surface area contributed by atoms with Crippen molar-refractivity contribution in [2.24, 2.45) is 11.8 Å². The molecule has 3 heteroatoms. The SMILES string of the molecule is COCCC(C)C(CO)Cc1cccc(Cl)c1. The lowest BCUT2D eigenvalue weighted by Crippen LogP contribution is -2.20. The Hall–Kier alpha value is -0.570. The van der Waals surface area contributed by atoms with Crippen LogP contribution in [-0.4, -0.2) is 25.4 Å². The summed E-state index contributed by atoms with van der Waals surface area (Å²) < 4.78 is 5.07. The van der Waals surface area contributed by atoms with Crippen molar-refractivity contribution in [3.63, 3.8) is 0 Å². The minimum atomic E-state index is 0.206. The lowest BCUT2D eigenvalue weighted by Gasteiger charge is -2.21. The van der Waals surface area contributed by atoms with E-state index < -0.39 is 0 Å². The Kier molecular flexibility index (Phi) is 6.56. The summed E-state index contributed by atoms with van der Waals surface area (Å²) in [7, 11) is 1.71. The molecule has 0 aliphatic heterocycles. The molecular formula is C14H21ClO2. The van der Waals surface area contributed by atoms with Crippen LogP contribution < -0.4 is 0 Å². The molecule has 1 rings (SSSR count). The normalized spacial score (nSPS) is 14.6. The van der Waals surface area contributed by atoms with Crippen LogP contribution in [-0.2, 0) is 11.2 Å². The second kappa shape index (κ2) is 7.70. The smallest absolute Gasteiger partial charge is 0.0465 e. The number of rotatable bonds is 7. The van der Waals surface area contributed by atoms with Crippen LogP contribution in [0, 0.1) is 11.8 Å². The predicted octanol–water partition coefficient (Wildman–Crippen LogP) is 3.16. The lowest BCUT2D eigenvalue weighted by molar-refractivity contribution is 0.134. The molecule has 1 aromatic rings. The molecule has 0 aliphatic rings. The Morgan fingerprint density at radius 2 is 2.18 bits per heavy atom. The number of aliphatic hydroxyl groups is 1. The van der Waals surface area contributed by atoms with Gasteiger partial charge in [0.15, 0.2) is 0 Å². The van der Waals surface area contributed by atoms with E-state index >= 15 is 0 Å². The molecule has 2 nitrogen and oxygen atoms in total. The van der Waals surface area contributed by atoms with Crippen molar-refractivity contribution >= 4 is 11.6 Å². The van der Waals surface area contributed by atoms with E-state index in [4.69, 9.17) is 16.3 Å². The van der Waals surface area contributed by atoms with Crippen LogP contribution in [0.4, 0.5) is 0 Å². The van der Waals surface area contributed by atoms with Gasteiger partial charge < -0.3 is 9.84 Å². The molecule has 17 heavy (non-hydrogen) atoms. The van der Waals surface area contributed by atoms with Gasteiger partial charge in [-0.3, -0.25) is 0 Å². The van der Waals surface area contributed by atoms with Crippen LogP contribution in [0.1, 0.15) is 18.9 Å². The Balaban J connectivity index is 2.56. The second-order valence-electron chi connectivity index (χ2n) is 4.54. The molecule has 2 unspecified atom stereocenters. The first-order chi connectivity index (χ1) is 8.17. The average molecular weight is 257 g/mol. The summed E-state index contributed by atoms with van der Waals surface area (Å²) in [6.07, 6.45) is 1.84. The van der Waals surface area contributed by atoms with E-state index in [1.807, 2.05) is 18.2 Å². The van der Waals surface area contributed by atoms with Crippen molar-refractivity contribution in [3.05, 3.63) is 34.9 Å². The van der Waals surface area contributed by atoms with E-state index in [1.54, 1.807) is 7.11 Å². The van der Waals surface area contributed by atoms with Crippen LogP contribution in [0.3, 0.4) is 0 Å². The molecule has 1 N–H and O–H groups in total. The average Bonchev–Trinajstić information content (AvgIpc) is 2.33. The largest absolute Gasteiger partial charge is 0.396 e. The molecule has 0 spiro atoms. The van der Waals surface area contributed by atoms with Crippen molar-refractivity contribution in [2.45, 2.75) is 19.8 Å². The fourth-order valence-electron chi connectivity index (χ4n) is 1.95. The van der Waals surface area contributed by atoms with E-state index in [0.717, 1.165) is 24.5 Å². The molecular weight excluding hydrogens is 236 g/mol. The molecule has 0 saturated carbocycles. The molecule has 0 heterocycles. The molecule has 0 aromatic heterocycles. The van der Waals surface area contributed by atoms with Crippen LogP contribution in [0.2, 0.25) is 5.02 Å². The quantitative estimate of drug-likeness (QED) is 0.812.